The standard InChI is InChI=1S/C8H13NO3/c1-3-5-6(8(11)12-2)4-9-7(5)10/h5-6H,3-4H2,1-2H3,(H,9,10). The van der Waals surface area contributed by atoms with Gasteiger partial charge < -0.3 is 10.1 Å². The van der Waals surface area contributed by atoms with E-state index < -0.39 is 0 Å². The van der Waals surface area contributed by atoms with Crippen LogP contribution in [0.15, 0.2) is 0 Å². The molecule has 1 N–H and O–H groups in total. The van der Waals surface area contributed by atoms with E-state index in [0.717, 1.165) is 0 Å². The van der Waals surface area contributed by atoms with Crippen molar-refractivity contribution in [3.63, 3.8) is 0 Å². The largest absolute Gasteiger partial charge is 0.469 e. The number of methoxy groups -OCH3 is 1. The lowest BCUT2D eigenvalue weighted by Gasteiger charge is -2.11. The summed E-state index contributed by atoms with van der Waals surface area (Å²) in [5.41, 5.74) is 0. The fraction of sp³-hybridized carbons (Fsp3) is 0.750. The van der Waals surface area contributed by atoms with Crippen molar-refractivity contribution in [2.45, 2.75) is 13.3 Å². The zero-order valence-electron chi connectivity index (χ0n) is 7.29. The zero-order chi connectivity index (χ0) is 9.14. The van der Waals surface area contributed by atoms with Gasteiger partial charge in [0.2, 0.25) is 5.91 Å². The van der Waals surface area contributed by atoms with Gasteiger partial charge in [-0.15, -0.1) is 0 Å². The summed E-state index contributed by atoms with van der Waals surface area (Å²) in [6, 6.07) is 0. The third-order valence-corrected chi connectivity index (χ3v) is 2.26. The average Bonchev–Trinajstić information content (AvgIpc) is 2.45. The molecule has 0 aromatic carbocycles. The van der Waals surface area contributed by atoms with Crippen molar-refractivity contribution < 1.29 is 14.3 Å². The molecule has 68 valence electrons. The van der Waals surface area contributed by atoms with E-state index in [1.54, 1.807) is 0 Å². The minimum atomic E-state index is -0.291. The molecule has 0 saturated carbocycles. The van der Waals surface area contributed by atoms with Crippen LogP contribution in [0.1, 0.15) is 13.3 Å². The Morgan fingerprint density at radius 3 is 2.92 bits per heavy atom. The SMILES string of the molecule is CCC1C(=O)NCC1C(=O)OC. The lowest BCUT2D eigenvalue weighted by molar-refractivity contribution is -0.147. The minimum Gasteiger partial charge on any atom is -0.469 e. The topological polar surface area (TPSA) is 55.4 Å². The lowest BCUT2D eigenvalue weighted by atomic mass is 9.93. The van der Waals surface area contributed by atoms with E-state index in [1.165, 1.54) is 7.11 Å². The number of ether oxygens (including phenoxy) is 1. The number of rotatable bonds is 2. The van der Waals surface area contributed by atoms with E-state index in [1.807, 2.05) is 6.92 Å². The Morgan fingerprint density at radius 1 is 1.75 bits per heavy atom. The van der Waals surface area contributed by atoms with Gasteiger partial charge in [0.05, 0.1) is 18.9 Å². The molecule has 0 radical (unpaired) electrons. The third-order valence-electron chi connectivity index (χ3n) is 2.26. The number of hydrogen-bond donors (Lipinski definition) is 1. The molecule has 2 unspecified atom stereocenters. The Labute approximate surface area is 71.3 Å². The van der Waals surface area contributed by atoms with Gasteiger partial charge in [-0.05, 0) is 6.42 Å². The fourth-order valence-electron chi connectivity index (χ4n) is 1.54. The number of carbonyl (C=O) groups is 2. The summed E-state index contributed by atoms with van der Waals surface area (Å²) in [6.45, 7) is 2.32. The summed E-state index contributed by atoms with van der Waals surface area (Å²) in [6.07, 6.45) is 0.686. The van der Waals surface area contributed by atoms with Crippen molar-refractivity contribution in [1.82, 2.24) is 5.32 Å². The van der Waals surface area contributed by atoms with Crippen molar-refractivity contribution >= 4 is 11.9 Å². The first-order valence-corrected chi connectivity index (χ1v) is 4.06. The molecule has 2 atom stereocenters. The van der Waals surface area contributed by atoms with E-state index in [9.17, 15) is 9.59 Å². The summed E-state index contributed by atoms with van der Waals surface area (Å²) in [4.78, 5) is 22.2. The third kappa shape index (κ3) is 1.42. The molecule has 1 aliphatic heterocycles. The molecule has 12 heavy (non-hydrogen) atoms. The van der Waals surface area contributed by atoms with E-state index in [-0.39, 0.29) is 23.7 Å². The Balaban J connectivity index is 2.66. The maximum atomic E-state index is 11.1. The number of nitrogens with one attached hydrogen (secondary N) is 1. The van der Waals surface area contributed by atoms with Crippen LogP contribution in [0, 0.1) is 11.8 Å². The van der Waals surface area contributed by atoms with E-state index in [2.05, 4.69) is 10.1 Å². The molecule has 1 fully saturated rings. The van der Waals surface area contributed by atoms with Crippen LogP contribution in [-0.2, 0) is 14.3 Å². The van der Waals surface area contributed by atoms with Gasteiger partial charge >= 0.3 is 5.97 Å². The van der Waals surface area contributed by atoms with Crippen molar-refractivity contribution in [1.29, 1.82) is 0 Å². The highest BCUT2D eigenvalue weighted by atomic mass is 16.5. The number of esters is 1. The summed E-state index contributed by atoms with van der Waals surface area (Å²) in [5.74, 6) is -0.807. The molecule has 4 heteroatoms. The maximum Gasteiger partial charge on any atom is 0.311 e. The molecule has 0 aromatic heterocycles. The first-order chi connectivity index (χ1) is 5.70. The molecular weight excluding hydrogens is 158 g/mol. The van der Waals surface area contributed by atoms with Crippen LogP contribution < -0.4 is 5.32 Å². The first-order valence-electron chi connectivity index (χ1n) is 4.06. The molecule has 1 saturated heterocycles. The molecule has 4 nitrogen and oxygen atoms in total. The van der Waals surface area contributed by atoms with Crippen LogP contribution in [0.3, 0.4) is 0 Å². The van der Waals surface area contributed by atoms with Gasteiger partial charge in [-0.1, -0.05) is 6.92 Å². The van der Waals surface area contributed by atoms with Gasteiger partial charge in [0.1, 0.15) is 0 Å². The summed E-state index contributed by atoms with van der Waals surface area (Å²) < 4.78 is 4.58. The van der Waals surface area contributed by atoms with Crippen molar-refractivity contribution in [2.75, 3.05) is 13.7 Å². The molecule has 1 rings (SSSR count). The molecule has 1 amide bonds. The molecule has 0 bridgehead atoms. The maximum absolute atomic E-state index is 11.1. The van der Waals surface area contributed by atoms with Crippen LogP contribution in [0.5, 0.6) is 0 Å². The zero-order valence-corrected chi connectivity index (χ0v) is 7.29. The normalized spacial score (nSPS) is 28.3. The highest BCUT2D eigenvalue weighted by Gasteiger charge is 2.38. The van der Waals surface area contributed by atoms with Gasteiger partial charge in [-0.2, -0.15) is 0 Å². The monoisotopic (exact) mass is 171 g/mol. The molecule has 0 spiro atoms. The van der Waals surface area contributed by atoms with Crippen LogP contribution in [-0.4, -0.2) is 25.5 Å². The molecule has 1 aliphatic rings. The van der Waals surface area contributed by atoms with Gasteiger partial charge in [0.15, 0.2) is 0 Å². The second-order valence-electron chi connectivity index (χ2n) is 2.89. The van der Waals surface area contributed by atoms with Gasteiger partial charge in [0, 0.05) is 6.54 Å². The average molecular weight is 171 g/mol. The highest BCUT2D eigenvalue weighted by molar-refractivity contribution is 5.88. The van der Waals surface area contributed by atoms with Crippen LogP contribution >= 0.6 is 0 Å². The van der Waals surface area contributed by atoms with Crippen molar-refractivity contribution in [3.05, 3.63) is 0 Å². The van der Waals surface area contributed by atoms with E-state index >= 15 is 0 Å². The van der Waals surface area contributed by atoms with Gasteiger partial charge in [-0.3, -0.25) is 9.59 Å². The van der Waals surface area contributed by atoms with Crippen molar-refractivity contribution in [2.24, 2.45) is 11.8 Å². The minimum absolute atomic E-state index is 0.0344. The number of hydrogen-bond acceptors (Lipinski definition) is 3. The molecule has 0 aliphatic carbocycles. The van der Waals surface area contributed by atoms with Crippen molar-refractivity contribution in [3.8, 4) is 0 Å². The Bertz CT molecular complexity index is 202. The van der Waals surface area contributed by atoms with E-state index in [0.29, 0.717) is 13.0 Å². The smallest absolute Gasteiger partial charge is 0.311 e. The number of amides is 1. The van der Waals surface area contributed by atoms with E-state index in [4.69, 9.17) is 0 Å². The Kier molecular flexibility index (Phi) is 2.68. The van der Waals surface area contributed by atoms with Gasteiger partial charge in [0.25, 0.3) is 0 Å². The predicted octanol–water partition coefficient (Wildman–Crippen LogP) is -0.0684. The quantitative estimate of drug-likeness (QED) is 0.592. The van der Waals surface area contributed by atoms with Crippen LogP contribution in [0.25, 0.3) is 0 Å². The molecule has 1 heterocycles. The molecule has 0 aromatic rings. The Morgan fingerprint density at radius 2 is 2.42 bits per heavy atom. The fourth-order valence-corrected chi connectivity index (χ4v) is 1.54. The summed E-state index contributed by atoms with van der Waals surface area (Å²) in [5, 5.41) is 2.65. The number of carbonyl (C=O) groups excluding carboxylic acids is 2. The predicted molar refractivity (Wildman–Crippen MR) is 42.3 cm³/mol. The first kappa shape index (κ1) is 9.03. The van der Waals surface area contributed by atoms with Crippen LogP contribution in [0.4, 0.5) is 0 Å². The second kappa shape index (κ2) is 3.56. The highest BCUT2D eigenvalue weighted by Crippen LogP contribution is 2.21. The lowest BCUT2D eigenvalue weighted by Crippen LogP contribution is -2.24. The van der Waals surface area contributed by atoms with Crippen LogP contribution in [0.2, 0.25) is 0 Å². The van der Waals surface area contributed by atoms with Gasteiger partial charge in [-0.25, -0.2) is 0 Å². The summed E-state index contributed by atoms with van der Waals surface area (Å²) >= 11 is 0. The molecular formula is C8H13NO3. The Hall–Kier alpha value is -1.06. The summed E-state index contributed by atoms with van der Waals surface area (Å²) in [7, 11) is 1.35. The second-order valence-corrected chi connectivity index (χ2v) is 2.89.